The van der Waals surface area contributed by atoms with E-state index in [1.165, 1.54) is 0 Å². The van der Waals surface area contributed by atoms with Crippen LogP contribution in [-0.4, -0.2) is 20.9 Å². The van der Waals surface area contributed by atoms with Gasteiger partial charge in [0.1, 0.15) is 0 Å². The Morgan fingerprint density at radius 2 is 2.24 bits per heavy atom. The van der Waals surface area contributed by atoms with Crippen molar-refractivity contribution in [3.63, 3.8) is 0 Å². The van der Waals surface area contributed by atoms with E-state index in [0.717, 1.165) is 22.2 Å². The van der Waals surface area contributed by atoms with E-state index in [-0.39, 0.29) is 0 Å². The quantitative estimate of drug-likeness (QED) is 0.882. The van der Waals surface area contributed by atoms with Crippen LogP contribution in [0.5, 0.6) is 0 Å². The third-order valence-electron chi connectivity index (χ3n) is 3.11. The van der Waals surface area contributed by atoms with Crippen LogP contribution in [-0.2, 0) is 18.3 Å². The molecular formula is C13H16N2O2. The molecule has 0 saturated heterocycles. The van der Waals surface area contributed by atoms with Gasteiger partial charge >= 0.3 is 5.97 Å². The maximum Gasteiger partial charge on any atom is 0.306 e. The summed E-state index contributed by atoms with van der Waals surface area (Å²) in [7, 11) is 1.86. The van der Waals surface area contributed by atoms with Crippen LogP contribution < -0.4 is 0 Å². The van der Waals surface area contributed by atoms with Gasteiger partial charge in [0.15, 0.2) is 0 Å². The minimum Gasteiger partial charge on any atom is -0.481 e. The summed E-state index contributed by atoms with van der Waals surface area (Å²) >= 11 is 0. The molecule has 0 bridgehead atoms. The molecule has 17 heavy (non-hydrogen) atoms. The summed E-state index contributed by atoms with van der Waals surface area (Å²) in [6.45, 7) is 3.75. The van der Waals surface area contributed by atoms with Gasteiger partial charge in [-0.3, -0.25) is 9.48 Å². The molecule has 1 aromatic carbocycles. The SMILES string of the molecule is Cc1cccc2nn(C)c(CC(C)C(=O)O)c12. The molecule has 0 aliphatic rings. The second-order valence-corrected chi connectivity index (χ2v) is 4.48. The van der Waals surface area contributed by atoms with Crippen LogP contribution in [0.15, 0.2) is 18.2 Å². The molecule has 1 aromatic heterocycles. The van der Waals surface area contributed by atoms with E-state index in [2.05, 4.69) is 5.10 Å². The molecule has 1 heterocycles. The summed E-state index contributed by atoms with van der Waals surface area (Å²) in [5.41, 5.74) is 3.07. The molecular weight excluding hydrogens is 216 g/mol. The zero-order valence-electron chi connectivity index (χ0n) is 10.3. The van der Waals surface area contributed by atoms with E-state index in [1.807, 2.05) is 32.2 Å². The Labute approximate surface area is 99.9 Å². The fourth-order valence-electron chi connectivity index (χ4n) is 2.11. The van der Waals surface area contributed by atoms with E-state index >= 15 is 0 Å². The van der Waals surface area contributed by atoms with E-state index in [4.69, 9.17) is 5.11 Å². The van der Waals surface area contributed by atoms with Crippen molar-refractivity contribution < 1.29 is 9.90 Å². The van der Waals surface area contributed by atoms with E-state index in [0.29, 0.717) is 6.42 Å². The normalized spacial score (nSPS) is 12.9. The number of hydrogen-bond donors (Lipinski definition) is 1. The van der Waals surface area contributed by atoms with Crippen LogP contribution in [0.25, 0.3) is 10.9 Å². The summed E-state index contributed by atoms with van der Waals surface area (Å²) in [4.78, 5) is 10.9. The topological polar surface area (TPSA) is 55.1 Å². The lowest BCUT2D eigenvalue weighted by Crippen LogP contribution is -2.14. The number of aromatic nitrogens is 2. The smallest absolute Gasteiger partial charge is 0.306 e. The third kappa shape index (κ3) is 2.02. The van der Waals surface area contributed by atoms with E-state index in [1.54, 1.807) is 11.6 Å². The Morgan fingerprint density at radius 1 is 1.53 bits per heavy atom. The fourth-order valence-corrected chi connectivity index (χ4v) is 2.11. The number of aliphatic carboxylic acids is 1. The van der Waals surface area contributed by atoms with Crippen molar-refractivity contribution in [3.8, 4) is 0 Å². The molecule has 0 aliphatic carbocycles. The van der Waals surface area contributed by atoms with Gasteiger partial charge in [0.25, 0.3) is 0 Å². The lowest BCUT2D eigenvalue weighted by Gasteiger charge is -2.07. The van der Waals surface area contributed by atoms with Gasteiger partial charge in [-0.15, -0.1) is 0 Å². The summed E-state index contributed by atoms with van der Waals surface area (Å²) in [5, 5.41) is 14.5. The van der Waals surface area contributed by atoms with Crippen LogP contribution in [0, 0.1) is 12.8 Å². The van der Waals surface area contributed by atoms with Crippen molar-refractivity contribution in [1.82, 2.24) is 9.78 Å². The molecule has 1 N–H and O–H groups in total. The molecule has 2 rings (SSSR count). The van der Waals surface area contributed by atoms with Crippen LogP contribution in [0.2, 0.25) is 0 Å². The fraction of sp³-hybridized carbons (Fsp3) is 0.385. The summed E-state index contributed by atoms with van der Waals surface area (Å²) in [6, 6.07) is 5.95. The number of fused-ring (bicyclic) bond motifs is 1. The first kappa shape index (κ1) is 11.6. The molecule has 0 aliphatic heterocycles. The molecule has 0 amide bonds. The van der Waals surface area contributed by atoms with Gasteiger partial charge in [-0.1, -0.05) is 19.1 Å². The molecule has 0 fully saturated rings. The lowest BCUT2D eigenvalue weighted by molar-refractivity contribution is -0.141. The third-order valence-corrected chi connectivity index (χ3v) is 3.11. The first-order valence-corrected chi connectivity index (χ1v) is 5.64. The van der Waals surface area contributed by atoms with E-state index in [9.17, 15) is 4.79 Å². The molecule has 1 unspecified atom stereocenters. The standard InChI is InChI=1S/C13H16N2O2/c1-8-5-4-6-10-12(8)11(15(3)14-10)7-9(2)13(16)17/h4-6,9H,7H2,1-3H3,(H,16,17). The molecule has 4 heteroatoms. The first-order valence-electron chi connectivity index (χ1n) is 5.64. The minimum absolute atomic E-state index is 0.395. The largest absolute Gasteiger partial charge is 0.481 e. The second kappa shape index (κ2) is 4.20. The van der Waals surface area contributed by atoms with Crippen molar-refractivity contribution in [1.29, 1.82) is 0 Å². The molecule has 2 aromatic rings. The number of carboxylic acid groups (broad SMARTS) is 1. The van der Waals surface area contributed by atoms with Crippen molar-refractivity contribution >= 4 is 16.9 Å². The molecule has 1 atom stereocenters. The number of aryl methyl sites for hydroxylation is 2. The monoisotopic (exact) mass is 232 g/mol. The first-order chi connectivity index (χ1) is 8.00. The zero-order chi connectivity index (χ0) is 12.6. The summed E-state index contributed by atoms with van der Waals surface area (Å²) in [5.74, 6) is -1.17. The van der Waals surface area contributed by atoms with E-state index < -0.39 is 11.9 Å². The maximum absolute atomic E-state index is 10.9. The number of rotatable bonds is 3. The summed E-state index contributed by atoms with van der Waals surface area (Å²) in [6.07, 6.45) is 0.507. The van der Waals surface area contributed by atoms with Crippen LogP contribution in [0.3, 0.4) is 0 Å². The van der Waals surface area contributed by atoms with Gasteiger partial charge in [0.05, 0.1) is 11.4 Å². The number of carboxylic acids is 1. The Balaban J connectivity index is 2.53. The van der Waals surface area contributed by atoms with Gasteiger partial charge < -0.3 is 5.11 Å². The number of benzene rings is 1. The van der Waals surface area contributed by atoms with Gasteiger partial charge in [-0.2, -0.15) is 5.10 Å². The highest BCUT2D eigenvalue weighted by Gasteiger charge is 2.17. The van der Waals surface area contributed by atoms with Crippen LogP contribution >= 0.6 is 0 Å². The van der Waals surface area contributed by atoms with Crippen LogP contribution in [0.4, 0.5) is 0 Å². The highest BCUT2D eigenvalue weighted by atomic mass is 16.4. The average molecular weight is 232 g/mol. The number of nitrogens with zero attached hydrogens (tertiary/aromatic N) is 2. The Kier molecular flexibility index (Phi) is 2.88. The summed E-state index contributed by atoms with van der Waals surface area (Å²) < 4.78 is 1.79. The number of carbonyl (C=O) groups is 1. The predicted octanol–water partition coefficient (Wildman–Crippen LogP) is 2.14. The molecule has 0 spiro atoms. The van der Waals surface area contributed by atoms with Crippen molar-refractivity contribution in [2.45, 2.75) is 20.3 Å². The van der Waals surface area contributed by atoms with Gasteiger partial charge in [-0.25, -0.2) is 0 Å². The molecule has 4 nitrogen and oxygen atoms in total. The highest BCUT2D eigenvalue weighted by Crippen LogP contribution is 2.23. The second-order valence-electron chi connectivity index (χ2n) is 4.48. The van der Waals surface area contributed by atoms with Gasteiger partial charge in [0, 0.05) is 24.5 Å². The Hall–Kier alpha value is -1.84. The molecule has 90 valence electrons. The van der Waals surface area contributed by atoms with Gasteiger partial charge in [0.2, 0.25) is 0 Å². The molecule has 0 saturated carbocycles. The molecule has 0 radical (unpaired) electrons. The lowest BCUT2D eigenvalue weighted by atomic mass is 10.0. The predicted molar refractivity (Wildman–Crippen MR) is 66.0 cm³/mol. The Morgan fingerprint density at radius 3 is 2.88 bits per heavy atom. The minimum atomic E-state index is -0.770. The van der Waals surface area contributed by atoms with Gasteiger partial charge in [-0.05, 0) is 18.6 Å². The van der Waals surface area contributed by atoms with Crippen molar-refractivity contribution in [2.24, 2.45) is 13.0 Å². The van der Waals surface area contributed by atoms with Crippen molar-refractivity contribution in [2.75, 3.05) is 0 Å². The highest BCUT2D eigenvalue weighted by molar-refractivity contribution is 5.85. The maximum atomic E-state index is 10.9. The van der Waals surface area contributed by atoms with Crippen molar-refractivity contribution in [3.05, 3.63) is 29.5 Å². The number of hydrogen-bond acceptors (Lipinski definition) is 2. The van der Waals surface area contributed by atoms with Crippen LogP contribution in [0.1, 0.15) is 18.2 Å². The Bertz CT molecular complexity index is 572. The average Bonchev–Trinajstić information content (AvgIpc) is 2.56. The zero-order valence-corrected chi connectivity index (χ0v) is 10.3.